The molecule has 4 rings (SSSR count). The summed E-state index contributed by atoms with van der Waals surface area (Å²) in [7, 11) is -4.37. The third-order valence-corrected chi connectivity index (χ3v) is 6.59. The van der Waals surface area contributed by atoms with Gasteiger partial charge in [0.1, 0.15) is 11.8 Å². The summed E-state index contributed by atoms with van der Waals surface area (Å²) in [5.74, 6) is -1.66. The Morgan fingerprint density at radius 1 is 1.03 bits per heavy atom. The van der Waals surface area contributed by atoms with Gasteiger partial charge in [-0.2, -0.15) is 8.42 Å². The van der Waals surface area contributed by atoms with Gasteiger partial charge in [-0.25, -0.2) is 4.79 Å². The molecule has 36 heavy (non-hydrogen) atoms. The molecule has 0 saturated heterocycles. The van der Waals surface area contributed by atoms with Crippen LogP contribution in [-0.2, 0) is 19.1 Å². The number of rotatable bonds is 9. The molecule has 11 nitrogen and oxygen atoms in total. The minimum Gasteiger partial charge on any atom is -0.477 e. The molecule has 0 spiro atoms. The Hall–Kier alpha value is -4.55. The van der Waals surface area contributed by atoms with Crippen LogP contribution >= 0.6 is 0 Å². The molecule has 0 aliphatic rings. The van der Waals surface area contributed by atoms with E-state index >= 15 is 0 Å². The number of H-pyrrole nitrogens is 1. The number of nitro groups is 1. The van der Waals surface area contributed by atoms with E-state index in [0.29, 0.717) is 22.2 Å². The number of nitrogens with zero attached hydrogens (tertiary/aromatic N) is 1. The second kappa shape index (κ2) is 9.98. The Labute approximate surface area is 204 Å². The molecule has 0 saturated carbocycles. The molecule has 4 aromatic rings. The van der Waals surface area contributed by atoms with Crippen molar-refractivity contribution in [2.75, 3.05) is 5.32 Å². The highest BCUT2D eigenvalue weighted by atomic mass is 32.2. The van der Waals surface area contributed by atoms with Gasteiger partial charge in [-0.15, -0.1) is 0 Å². The van der Waals surface area contributed by atoms with Crippen LogP contribution < -0.4 is 5.32 Å². The Morgan fingerprint density at radius 2 is 1.72 bits per heavy atom. The van der Waals surface area contributed by atoms with Crippen molar-refractivity contribution in [3.05, 3.63) is 100 Å². The first kappa shape index (κ1) is 24.6. The van der Waals surface area contributed by atoms with Crippen molar-refractivity contribution in [2.24, 2.45) is 0 Å². The molecule has 1 aromatic heterocycles. The molecular weight excluding hydrogens is 490 g/mol. The van der Waals surface area contributed by atoms with E-state index in [4.69, 9.17) is 9.29 Å². The SMILES string of the molecule is O=C(C[C@@H](OS(=O)(=O)c1ccc([N+](=O)[O-])cc1)c1ccccc1)Nc1ccc2[nH]c(C(=O)O)cc2c1. The first-order valence-corrected chi connectivity index (χ1v) is 11.9. The van der Waals surface area contributed by atoms with Crippen LogP contribution in [0.2, 0.25) is 0 Å². The highest BCUT2D eigenvalue weighted by molar-refractivity contribution is 7.86. The molecule has 0 aliphatic carbocycles. The number of carboxylic acid groups (broad SMARTS) is 1. The van der Waals surface area contributed by atoms with Crippen molar-refractivity contribution < 1.29 is 32.2 Å². The summed E-state index contributed by atoms with van der Waals surface area (Å²) in [4.78, 5) is 36.6. The van der Waals surface area contributed by atoms with Gasteiger partial charge in [-0.3, -0.25) is 19.1 Å². The average Bonchev–Trinajstić information content (AvgIpc) is 3.28. The lowest BCUT2D eigenvalue weighted by atomic mass is 10.1. The number of fused-ring (bicyclic) bond motifs is 1. The van der Waals surface area contributed by atoms with Crippen LogP contribution in [0.4, 0.5) is 11.4 Å². The van der Waals surface area contributed by atoms with E-state index in [0.717, 1.165) is 24.3 Å². The van der Waals surface area contributed by atoms with Gasteiger partial charge in [0.05, 0.1) is 16.2 Å². The molecule has 0 radical (unpaired) electrons. The number of nitrogens with one attached hydrogen (secondary N) is 2. The quantitative estimate of drug-likeness (QED) is 0.171. The maximum atomic E-state index is 12.9. The third-order valence-electron chi connectivity index (χ3n) is 5.26. The number of carbonyl (C=O) groups excluding carboxylic acids is 1. The summed E-state index contributed by atoms with van der Waals surface area (Å²) < 4.78 is 31.1. The van der Waals surface area contributed by atoms with Gasteiger partial charge in [0.25, 0.3) is 15.8 Å². The number of aromatic amines is 1. The van der Waals surface area contributed by atoms with Gasteiger partial charge in [0, 0.05) is 28.7 Å². The first-order chi connectivity index (χ1) is 17.1. The maximum Gasteiger partial charge on any atom is 0.352 e. The summed E-state index contributed by atoms with van der Waals surface area (Å²) in [6.07, 6.45) is -1.54. The lowest BCUT2D eigenvalue weighted by Gasteiger charge is -2.18. The second-order valence-electron chi connectivity index (χ2n) is 7.74. The van der Waals surface area contributed by atoms with E-state index in [-0.39, 0.29) is 22.7 Å². The number of aromatic nitrogens is 1. The Kier molecular flexibility index (Phi) is 6.81. The molecule has 1 atom stereocenters. The van der Waals surface area contributed by atoms with Gasteiger partial charge < -0.3 is 15.4 Å². The smallest absolute Gasteiger partial charge is 0.352 e. The van der Waals surface area contributed by atoms with Crippen molar-refractivity contribution in [2.45, 2.75) is 17.4 Å². The fraction of sp³-hybridized carbons (Fsp3) is 0.0833. The molecule has 12 heteroatoms. The second-order valence-corrected chi connectivity index (χ2v) is 9.32. The summed E-state index contributed by atoms with van der Waals surface area (Å²) in [6, 6.07) is 18.7. The van der Waals surface area contributed by atoms with Crippen LogP contribution in [0.3, 0.4) is 0 Å². The van der Waals surface area contributed by atoms with Crippen LogP contribution in [0, 0.1) is 10.1 Å². The van der Waals surface area contributed by atoms with E-state index in [9.17, 15) is 28.1 Å². The number of hydrogen-bond acceptors (Lipinski definition) is 7. The van der Waals surface area contributed by atoms with Crippen LogP contribution in [0.5, 0.6) is 0 Å². The summed E-state index contributed by atoms with van der Waals surface area (Å²) >= 11 is 0. The Balaban J connectivity index is 1.54. The number of anilines is 1. The molecule has 3 aromatic carbocycles. The molecule has 0 unspecified atom stereocenters. The number of benzene rings is 3. The minimum absolute atomic E-state index is 0.00229. The zero-order chi connectivity index (χ0) is 25.9. The van der Waals surface area contributed by atoms with Gasteiger partial charge in [0.15, 0.2) is 0 Å². The van der Waals surface area contributed by atoms with E-state index in [1.807, 2.05) is 0 Å². The number of non-ortho nitro benzene ring substituents is 1. The summed E-state index contributed by atoms with van der Waals surface area (Å²) in [5, 5.41) is 23.2. The molecule has 0 bridgehead atoms. The molecule has 1 amide bonds. The number of amides is 1. The zero-order valence-electron chi connectivity index (χ0n) is 18.5. The van der Waals surface area contributed by atoms with Crippen molar-refractivity contribution >= 4 is 44.3 Å². The minimum atomic E-state index is -4.37. The van der Waals surface area contributed by atoms with Crippen molar-refractivity contribution in [3.8, 4) is 0 Å². The third kappa shape index (κ3) is 5.56. The number of carbonyl (C=O) groups is 2. The van der Waals surface area contributed by atoms with E-state index < -0.39 is 33.0 Å². The van der Waals surface area contributed by atoms with E-state index in [2.05, 4.69) is 10.3 Å². The molecule has 0 aliphatic heterocycles. The first-order valence-electron chi connectivity index (χ1n) is 10.5. The molecule has 3 N–H and O–H groups in total. The van der Waals surface area contributed by atoms with Crippen LogP contribution in [-0.4, -0.2) is 35.3 Å². The summed E-state index contributed by atoms with van der Waals surface area (Å²) in [6.45, 7) is 0. The van der Waals surface area contributed by atoms with Crippen molar-refractivity contribution in [1.29, 1.82) is 0 Å². The predicted octanol–water partition coefficient (Wildman–Crippen LogP) is 4.25. The Morgan fingerprint density at radius 3 is 2.36 bits per heavy atom. The number of hydrogen-bond donors (Lipinski definition) is 3. The molecule has 0 fully saturated rings. The maximum absolute atomic E-state index is 12.9. The molecular formula is C24H19N3O8S. The Bertz CT molecular complexity index is 1550. The lowest BCUT2D eigenvalue weighted by Crippen LogP contribution is -2.20. The zero-order valence-corrected chi connectivity index (χ0v) is 19.3. The van der Waals surface area contributed by atoms with Crippen LogP contribution in [0.25, 0.3) is 10.9 Å². The van der Waals surface area contributed by atoms with Crippen LogP contribution in [0.15, 0.2) is 83.8 Å². The average molecular weight is 509 g/mol. The number of carboxylic acids is 1. The van der Waals surface area contributed by atoms with Crippen molar-refractivity contribution in [3.63, 3.8) is 0 Å². The fourth-order valence-electron chi connectivity index (χ4n) is 3.52. The standard InChI is InChI=1S/C24H19N3O8S/c28-23(25-17-6-11-20-16(12-17)13-21(26-20)24(29)30)14-22(15-4-2-1-3-5-15)35-36(33,34)19-9-7-18(8-10-19)27(31)32/h1-13,22,26H,14H2,(H,25,28)(H,29,30)/t22-/m1/s1. The normalized spacial score (nSPS) is 12.2. The van der Waals surface area contributed by atoms with Gasteiger partial charge in [-0.1, -0.05) is 30.3 Å². The number of aromatic carboxylic acids is 1. The topological polar surface area (TPSA) is 169 Å². The van der Waals surface area contributed by atoms with Crippen molar-refractivity contribution in [1.82, 2.24) is 4.98 Å². The largest absolute Gasteiger partial charge is 0.477 e. The van der Waals surface area contributed by atoms with E-state index in [1.54, 1.807) is 48.5 Å². The van der Waals surface area contributed by atoms with E-state index in [1.165, 1.54) is 6.07 Å². The fourth-order valence-corrected chi connectivity index (χ4v) is 4.59. The predicted molar refractivity (Wildman–Crippen MR) is 129 cm³/mol. The van der Waals surface area contributed by atoms with Gasteiger partial charge in [-0.05, 0) is 42.0 Å². The number of nitro benzene ring substituents is 1. The molecule has 1 heterocycles. The monoisotopic (exact) mass is 509 g/mol. The van der Waals surface area contributed by atoms with Gasteiger partial charge in [0.2, 0.25) is 5.91 Å². The van der Waals surface area contributed by atoms with Crippen LogP contribution in [0.1, 0.15) is 28.6 Å². The highest BCUT2D eigenvalue weighted by Crippen LogP contribution is 2.28. The summed E-state index contributed by atoms with van der Waals surface area (Å²) in [5.41, 5.74) is 1.12. The molecule has 184 valence electrons. The lowest BCUT2D eigenvalue weighted by molar-refractivity contribution is -0.384. The van der Waals surface area contributed by atoms with Gasteiger partial charge >= 0.3 is 5.97 Å². The highest BCUT2D eigenvalue weighted by Gasteiger charge is 2.26.